The summed E-state index contributed by atoms with van der Waals surface area (Å²) in [5.74, 6) is 0. The van der Waals surface area contributed by atoms with Crippen LogP contribution in [0.2, 0.25) is 0 Å². The number of hydrogen-bond donors (Lipinski definition) is 2. The molecule has 0 radical (unpaired) electrons. The second kappa shape index (κ2) is 4.97. The van der Waals surface area contributed by atoms with Gasteiger partial charge in [0.15, 0.2) is 0 Å². The number of rotatable bonds is 1. The fourth-order valence-electron chi connectivity index (χ4n) is 3.20. The van der Waals surface area contributed by atoms with E-state index in [0.29, 0.717) is 0 Å². The molecule has 0 saturated heterocycles. The minimum atomic E-state index is 0.979. The number of thiol groups is 2. The van der Waals surface area contributed by atoms with E-state index in [2.05, 4.69) is 67.7 Å². The van der Waals surface area contributed by atoms with Crippen LogP contribution in [-0.2, 0) is 6.42 Å². The molecule has 0 fully saturated rings. The largest absolute Gasteiger partial charge is 0.143 e. The highest BCUT2D eigenvalue weighted by molar-refractivity contribution is 7.81. The second-order valence-corrected chi connectivity index (χ2v) is 6.30. The molecule has 4 rings (SSSR count). The van der Waals surface area contributed by atoms with E-state index in [9.17, 15) is 0 Å². The van der Waals surface area contributed by atoms with Crippen molar-refractivity contribution in [3.05, 3.63) is 71.8 Å². The summed E-state index contributed by atoms with van der Waals surface area (Å²) < 4.78 is 0. The van der Waals surface area contributed by atoms with Gasteiger partial charge in [0.25, 0.3) is 0 Å². The monoisotopic (exact) mass is 306 g/mol. The van der Waals surface area contributed by atoms with E-state index < -0.39 is 0 Å². The first kappa shape index (κ1) is 13.1. The maximum Gasteiger partial charge on any atom is 0.0130 e. The van der Waals surface area contributed by atoms with Gasteiger partial charge in [0.2, 0.25) is 0 Å². The Labute approximate surface area is 135 Å². The molecule has 0 atom stereocenters. The zero-order valence-electron chi connectivity index (χ0n) is 11.4. The molecule has 3 aromatic carbocycles. The van der Waals surface area contributed by atoms with Gasteiger partial charge < -0.3 is 0 Å². The van der Waals surface area contributed by atoms with Crippen molar-refractivity contribution in [2.45, 2.75) is 16.2 Å². The van der Waals surface area contributed by atoms with E-state index in [-0.39, 0.29) is 0 Å². The lowest BCUT2D eigenvalue weighted by atomic mass is 9.95. The second-order valence-electron chi connectivity index (χ2n) is 5.34. The Morgan fingerprint density at radius 1 is 0.619 bits per heavy atom. The van der Waals surface area contributed by atoms with Crippen molar-refractivity contribution in [1.29, 1.82) is 0 Å². The zero-order valence-corrected chi connectivity index (χ0v) is 13.2. The molecule has 1 aliphatic carbocycles. The Balaban J connectivity index is 1.99. The van der Waals surface area contributed by atoms with E-state index in [1.807, 2.05) is 18.2 Å². The number of fused-ring (bicyclic) bond motifs is 3. The summed E-state index contributed by atoms with van der Waals surface area (Å²) in [6, 6.07) is 21.2. The summed E-state index contributed by atoms with van der Waals surface area (Å²) >= 11 is 9.26. The molecular formula is C19H14S2. The van der Waals surface area contributed by atoms with Crippen LogP contribution in [0, 0.1) is 0 Å². The van der Waals surface area contributed by atoms with Gasteiger partial charge in [0, 0.05) is 15.4 Å². The van der Waals surface area contributed by atoms with Crippen LogP contribution >= 0.6 is 25.3 Å². The minimum absolute atomic E-state index is 0.979. The molecule has 2 heteroatoms. The Morgan fingerprint density at radius 2 is 1.24 bits per heavy atom. The first-order chi connectivity index (χ1) is 10.3. The number of benzene rings is 3. The first-order valence-corrected chi connectivity index (χ1v) is 7.86. The summed E-state index contributed by atoms with van der Waals surface area (Å²) in [4.78, 5) is 1.96. The maximum absolute atomic E-state index is 4.63. The standard InChI is InChI=1S/C19H14S2/c20-17-9-4-10-18(21)19(17)15-8-3-7-14-13-6-2-1-5-12(13)11-16(14)15/h1-10,20-21H,11H2. The van der Waals surface area contributed by atoms with Crippen molar-refractivity contribution < 1.29 is 0 Å². The lowest BCUT2D eigenvalue weighted by Crippen LogP contribution is -1.90. The maximum atomic E-state index is 4.63. The Kier molecular flexibility index (Phi) is 3.09. The molecule has 3 aromatic rings. The van der Waals surface area contributed by atoms with Gasteiger partial charge in [-0.3, -0.25) is 0 Å². The Bertz CT molecular complexity index is 830. The molecule has 0 aromatic heterocycles. The average molecular weight is 306 g/mol. The highest BCUT2D eigenvalue weighted by Crippen LogP contribution is 2.44. The topological polar surface area (TPSA) is 0 Å². The fourth-order valence-corrected chi connectivity index (χ4v) is 3.94. The van der Waals surface area contributed by atoms with Crippen molar-refractivity contribution in [2.75, 3.05) is 0 Å². The van der Waals surface area contributed by atoms with Crippen molar-refractivity contribution in [3.63, 3.8) is 0 Å². The highest BCUT2D eigenvalue weighted by atomic mass is 32.1. The molecular weight excluding hydrogens is 292 g/mol. The van der Waals surface area contributed by atoms with Crippen LogP contribution in [0.15, 0.2) is 70.5 Å². The average Bonchev–Trinajstić information content (AvgIpc) is 2.87. The zero-order chi connectivity index (χ0) is 14.4. The molecule has 0 N–H and O–H groups in total. The molecule has 0 amide bonds. The molecule has 0 bridgehead atoms. The summed E-state index contributed by atoms with van der Waals surface area (Å²) in [5, 5.41) is 0. The van der Waals surface area contributed by atoms with E-state index in [4.69, 9.17) is 0 Å². The highest BCUT2D eigenvalue weighted by Gasteiger charge is 2.22. The van der Waals surface area contributed by atoms with Gasteiger partial charge in [0.05, 0.1) is 0 Å². The molecule has 1 aliphatic rings. The van der Waals surface area contributed by atoms with Crippen molar-refractivity contribution in [2.24, 2.45) is 0 Å². The van der Waals surface area contributed by atoms with Crippen LogP contribution in [0.1, 0.15) is 11.1 Å². The van der Waals surface area contributed by atoms with Crippen LogP contribution in [0.3, 0.4) is 0 Å². The third-order valence-electron chi connectivity index (χ3n) is 4.14. The lowest BCUT2D eigenvalue weighted by molar-refractivity contribution is 1.24. The predicted molar refractivity (Wildman–Crippen MR) is 94.6 cm³/mol. The molecule has 0 unspecified atom stereocenters. The lowest BCUT2D eigenvalue weighted by Gasteiger charge is -2.13. The molecule has 0 nitrogen and oxygen atoms in total. The van der Waals surface area contributed by atoms with Gasteiger partial charge in [-0.05, 0) is 46.4 Å². The van der Waals surface area contributed by atoms with Crippen LogP contribution in [0.5, 0.6) is 0 Å². The van der Waals surface area contributed by atoms with Crippen molar-refractivity contribution in [1.82, 2.24) is 0 Å². The summed E-state index contributed by atoms with van der Waals surface area (Å²) in [7, 11) is 0. The van der Waals surface area contributed by atoms with E-state index in [0.717, 1.165) is 21.8 Å². The summed E-state index contributed by atoms with van der Waals surface area (Å²) in [5.41, 5.74) is 7.86. The van der Waals surface area contributed by atoms with Crippen LogP contribution < -0.4 is 0 Å². The van der Waals surface area contributed by atoms with Gasteiger partial charge >= 0.3 is 0 Å². The van der Waals surface area contributed by atoms with Crippen LogP contribution in [-0.4, -0.2) is 0 Å². The molecule has 21 heavy (non-hydrogen) atoms. The van der Waals surface area contributed by atoms with Crippen molar-refractivity contribution >= 4 is 25.3 Å². The normalized spacial score (nSPS) is 12.1. The predicted octanol–water partition coefficient (Wildman–Crippen LogP) is 5.50. The van der Waals surface area contributed by atoms with Crippen LogP contribution in [0.25, 0.3) is 22.3 Å². The third-order valence-corrected chi connectivity index (χ3v) is 4.89. The summed E-state index contributed by atoms with van der Waals surface area (Å²) in [6.45, 7) is 0. The molecule has 0 aliphatic heterocycles. The smallest absolute Gasteiger partial charge is 0.0130 e. The third kappa shape index (κ3) is 2.02. The van der Waals surface area contributed by atoms with E-state index in [1.54, 1.807) is 0 Å². The summed E-state index contributed by atoms with van der Waals surface area (Å²) in [6.07, 6.45) is 0.983. The fraction of sp³-hybridized carbons (Fsp3) is 0.0526. The SMILES string of the molecule is Sc1cccc(S)c1-c1cccc2c1Cc1ccccc1-2. The molecule has 0 spiro atoms. The Hall–Kier alpha value is -1.64. The quantitative estimate of drug-likeness (QED) is 0.426. The van der Waals surface area contributed by atoms with Crippen molar-refractivity contribution in [3.8, 4) is 22.3 Å². The van der Waals surface area contributed by atoms with Gasteiger partial charge in [-0.2, -0.15) is 0 Å². The van der Waals surface area contributed by atoms with Gasteiger partial charge in [-0.25, -0.2) is 0 Å². The molecule has 102 valence electrons. The number of hydrogen-bond acceptors (Lipinski definition) is 2. The molecule has 0 saturated carbocycles. The van der Waals surface area contributed by atoms with E-state index >= 15 is 0 Å². The first-order valence-electron chi connectivity index (χ1n) is 6.97. The minimum Gasteiger partial charge on any atom is -0.143 e. The molecule has 0 heterocycles. The van der Waals surface area contributed by atoms with Gasteiger partial charge in [-0.1, -0.05) is 48.5 Å². The van der Waals surface area contributed by atoms with Gasteiger partial charge in [-0.15, -0.1) is 25.3 Å². The van der Waals surface area contributed by atoms with E-state index in [1.165, 1.54) is 27.8 Å². The van der Waals surface area contributed by atoms with Gasteiger partial charge in [0.1, 0.15) is 0 Å². The van der Waals surface area contributed by atoms with Crippen LogP contribution in [0.4, 0.5) is 0 Å². The Morgan fingerprint density at radius 3 is 2.05 bits per heavy atom.